The van der Waals surface area contributed by atoms with Crippen LogP contribution in [-0.2, 0) is 0 Å². The Balaban J connectivity index is 0.000000242. The van der Waals surface area contributed by atoms with E-state index in [9.17, 15) is 29.8 Å². The molecule has 0 bridgehead atoms. The summed E-state index contributed by atoms with van der Waals surface area (Å²) in [4.78, 5) is 47.5. The SMILES string of the molecule is Cc1cc(N(C)C(C)CN2C(=O)c3ccccc3C2=O)ccc1N.N#Cc1cc([N+](=O)[O-])cc([N+](=O)[O-])c1N. The summed E-state index contributed by atoms with van der Waals surface area (Å²) in [5, 5.41) is 29.4. The van der Waals surface area contributed by atoms with Gasteiger partial charge in [-0.25, -0.2) is 0 Å². The van der Waals surface area contributed by atoms with E-state index < -0.39 is 21.2 Å². The van der Waals surface area contributed by atoms with Gasteiger partial charge < -0.3 is 16.4 Å². The second-order valence-electron chi connectivity index (χ2n) is 8.82. The topological polar surface area (TPSA) is 203 Å². The summed E-state index contributed by atoms with van der Waals surface area (Å²) in [7, 11) is 1.95. The summed E-state index contributed by atoms with van der Waals surface area (Å²) in [5.41, 5.74) is 13.1. The van der Waals surface area contributed by atoms with Gasteiger partial charge >= 0.3 is 0 Å². The van der Waals surface area contributed by atoms with E-state index in [1.165, 1.54) is 4.90 Å². The van der Waals surface area contributed by atoms with Gasteiger partial charge in [0, 0.05) is 37.1 Å². The normalized spacial score (nSPS) is 12.6. The molecule has 1 heterocycles. The number of nitrogens with two attached hydrogens (primary N) is 2. The first kappa shape index (κ1) is 28.1. The Morgan fingerprint density at radius 1 is 1.00 bits per heavy atom. The minimum Gasteiger partial charge on any atom is -0.399 e. The molecule has 1 atom stereocenters. The highest BCUT2D eigenvalue weighted by atomic mass is 16.6. The monoisotopic (exact) mass is 531 g/mol. The number of benzene rings is 3. The number of fused-ring (bicyclic) bond motifs is 1. The van der Waals surface area contributed by atoms with E-state index in [1.54, 1.807) is 30.3 Å². The Labute approximate surface area is 223 Å². The number of nitrogen functional groups attached to an aromatic ring is 2. The van der Waals surface area contributed by atoms with Crippen molar-refractivity contribution in [2.75, 3.05) is 30.0 Å². The number of anilines is 3. The third kappa shape index (κ3) is 5.75. The van der Waals surface area contributed by atoms with Crippen LogP contribution < -0.4 is 16.4 Å². The standard InChI is InChI=1S/C19H21N3O2.C7H4N4O4/c1-12-10-14(8-9-17(12)20)21(3)13(2)11-22-18(23)15-6-4-5-7-16(15)19(22)24;8-3-4-1-5(10(12)13)2-6(7(4)9)11(14)15/h4-10,13H,11,20H2,1-3H3;1-2H,9H2. The lowest BCUT2D eigenvalue weighted by atomic mass is 10.1. The van der Waals surface area contributed by atoms with Crippen LogP contribution in [0.15, 0.2) is 54.6 Å². The number of hydrogen-bond acceptors (Lipinski definition) is 10. The maximum atomic E-state index is 12.5. The highest BCUT2D eigenvalue weighted by Crippen LogP contribution is 2.30. The quantitative estimate of drug-likeness (QED) is 0.204. The number of carbonyl (C=O) groups excluding carboxylic acids is 2. The number of rotatable bonds is 6. The van der Waals surface area contributed by atoms with Gasteiger partial charge in [0.1, 0.15) is 11.8 Å². The fraction of sp³-hybridized carbons (Fsp3) is 0.192. The molecule has 2 amide bonds. The smallest absolute Gasteiger partial charge is 0.300 e. The summed E-state index contributed by atoms with van der Waals surface area (Å²) in [5.74, 6) is -0.436. The number of aryl methyl sites for hydroxylation is 1. The van der Waals surface area contributed by atoms with Crippen molar-refractivity contribution in [3.8, 4) is 6.07 Å². The van der Waals surface area contributed by atoms with Crippen LogP contribution >= 0.6 is 0 Å². The average Bonchev–Trinajstić information content (AvgIpc) is 3.14. The zero-order chi connectivity index (χ0) is 29.0. The van der Waals surface area contributed by atoms with Crippen LogP contribution in [-0.4, -0.2) is 46.2 Å². The Bertz CT molecular complexity index is 1500. The number of imide groups is 1. The maximum Gasteiger partial charge on any atom is 0.300 e. The first-order valence-electron chi connectivity index (χ1n) is 11.5. The molecule has 0 aliphatic carbocycles. The molecule has 200 valence electrons. The average molecular weight is 532 g/mol. The van der Waals surface area contributed by atoms with Gasteiger partial charge in [0.05, 0.1) is 32.6 Å². The first-order chi connectivity index (χ1) is 18.4. The summed E-state index contributed by atoms with van der Waals surface area (Å²) < 4.78 is 0. The van der Waals surface area contributed by atoms with Gasteiger partial charge in [0.2, 0.25) is 0 Å². The maximum absolute atomic E-state index is 12.5. The number of non-ortho nitro benzene ring substituents is 1. The van der Waals surface area contributed by atoms with E-state index in [1.807, 2.05) is 39.1 Å². The van der Waals surface area contributed by atoms with E-state index >= 15 is 0 Å². The third-order valence-electron chi connectivity index (χ3n) is 6.32. The summed E-state index contributed by atoms with van der Waals surface area (Å²) in [6.45, 7) is 4.29. The Hall–Kier alpha value is -5.51. The summed E-state index contributed by atoms with van der Waals surface area (Å²) >= 11 is 0. The number of nitro benzene ring substituents is 2. The van der Waals surface area contributed by atoms with Gasteiger partial charge in [-0.05, 0) is 49.7 Å². The van der Waals surface area contributed by atoms with Crippen molar-refractivity contribution < 1.29 is 19.4 Å². The molecular formula is C26H25N7O6. The number of likely N-dealkylation sites (N-methyl/N-ethyl adjacent to an activating group) is 1. The Morgan fingerprint density at radius 2 is 1.59 bits per heavy atom. The highest BCUT2D eigenvalue weighted by molar-refractivity contribution is 6.21. The van der Waals surface area contributed by atoms with Crippen molar-refractivity contribution in [3.05, 3.63) is 97.1 Å². The molecular weight excluding hydrogens is 506 g/mol. The second-order valence-corrected chi connectivity index (χ2v) is 8.82. The fourth-order valence-electron chi connectivity index (χ4n) is 3.90. The Kier molecular flexibility index (Phi) is 8.10. The van der Waals surface area contributed by atoms with Gasteiger partial charge in [-0.3, -0.25) is 34.7 Å². The fourth-order valence-corrected chi connectivity index (χ4v) is 3.90. The molecule has 1 aliphatic heterocycles. The second kappa shape index (κ2) is 11.3. The van der Waals surface area contributed by atoms with E-state index in [-0.39, 0.29) is 29.1 Å². The van der Waals surface area contributed by atoms with Gasteiger partial charge in [-0.2, -0.15) is 5.26 Å². The lowest BCUT2D eigenvalue weighted by molar-refractivity contribution is -0.393. The highest BCUT2D eigenvalue weighted by Gasteiger charge is 2.36. The van der Waals surface area contributed by atoms with Gasteiger partial charge in [-0.15, -0.1) is 0 Å². The molecule has 39 heavy (non-hydrogen) atoms. The van der Waals surface area contributed by atoms with Crippen molar-refractivity contribution >= 4 is 40.3 Å². The number of nitro groups is 2. The minimum absolute atomic E-state index is 0.0183. The zero-order valence-corrected chi connectivity index (χ0v) is 21.3. The van der Waals surface area contributed by atoms with Crippen LogP contribution in [0.25, 0.3) is 0 Å². The molecule has 0 spiro atoms. The van der Waals surface area contributed by atoms with Crippen LogP contribution in [0.1, 0.15) is 38.8 Å². The van der Waals surface area contributed by atoms with Crippen LogP contribution in [0.3, 0.4) is 0 Å². The molecule has 13 heteroatoms. The molecule has 3 aromatic rings. The zero-order valence-electron chi connectivity index (χ0n) is 21.3. The molecule has 0 saturated carbocycles. The van der Waals surface area contributed by atoms with Crippen LogP contribution in [0, 0.1) is 38.5 Å². The van der Waals surface area contributed by atoms with Crippen LogP contribution in [0.2, 0.25) is 0 Å². The number of hydrogen-bond donors (Lipinski definition) is 2. The number of carbonyl (C=O) groups is 2. The molecule has 4 N–H and O–H groups in total. The molecule has 0 radical (unpaired) electrons. The lowest BCUT2D eigenvalue weighted by Crippen LogP contribution is -2.43. The van der Waals surface area contributed by atoms with E-state index in [2.05, 4.69) is 4.90 Å². The van der Waals surface area contributed by atoms with Crippen molar-refractivity contribution in [3.63, 3.8) is 0 Å². The van der Waals surface area contributed by atoms with Gasteiger partial charge in [0.15, 0.2) is 0 Å². The van der Waals surface area contributed by atoms with E-state index in [4.69, 9.17) is 16.7 Å². The predicted octanol–water partition coefficient (Wildman–Crippen LogP) is 3.66. The number of nitrogens with zero attached hydrogens (tertiary/aromatic N) is 5. The Morgan fingerprint density at radius 3 is 2.08 bits per heavy atom. The van der Waals surface area contributed by atoms with Crippen molar-refractivity contribution in [1.29, 1.82) is 5.26 Å². The minimum atomic E-state index is -0.872. The van der Waals surface area contributed by atoms with Gasteiger partial charge in [0.25, 0.3) is 23.2 Å². The first-order valence-corrected chi connectivity index (χ1v) is 11.5. The molecule has 0 aromatic heterocycles. The van der Waals surface area contributed by atoms with Crippen LogP contribution in [0.4, 0.5) is 28.4 Å². The van der Waals surface area contributed by atoms with Crippen molar-refractivity contribution in [2.45, 2.75) is 19.9 Å². The van der Waals surface area contributed by atoms with Gasteiger partial charge in [-0.1, -0.05) is 12.1 Å². The molecule has 0 fully saturated rings. The largest absolute Gasteiger partial charge is 0.399 e. The molecule has 1 aliphatic rings. The number of amides is 2. The molecule has 13 nitrogen and oxygen atoms in total. The number of nitriles is 1. The predicted molar refractivity (Wildman–Crippen MR) is 144 cm³/mol. The van der Waals surface area contributed by atoms with Crippen LogP contribution in [0.5, 0.6) is 0 Å². The summed E-state index contributed by atoms with van der Waals surface area (Å²) in [6.07, 6.45) is 0. The molecule has 0 saturated heterocycles. The van der Waals surface area contributed by atoms with E-state index in [0.29, 0.717) is 17.7 Å². The molecule has 3 aromatic carbocycles. The summed E-state index contributed by atoms with van der Waals surface area (Å²) in [6, 6.07) is 15.9. The van der Waals surface area contributed by atoms with Crippen molar-refractivity contribution in [1.82, 2.24) is 4.90 Å². The molecule has 1 unspecified atom stereocenters. The third-order valence-corrected chi connectivity index (χ3v) is 6.32. The molecule has 4 rings (SSSR count). The lowest BCUT2D eigenvalue weighted by Gasteiger charge is -2.30. The van der Waals surface area contributed by atoms with Crippen molar-refractivity contribution in [2.24, 2.45) is 0 Å². The van der Waals surface area contributed by atoms with E-state index in [0.717, 1.165) is 29.1 Å².